The molecule has 7 nitrogen and oxygen atoms in total. The number of anilines is 1. The van der Waals surface area contributed by atoms with Crippen molar-refractivity contribution in [2.45, 2.75) is 69.0 Å². The van der Waals surface area contributed by atoms with E-state index in [9.17, 15) is 19.5 Å². The Morgan fingerprint density at radius 1 is 1.41 bits per heavy atom. The molecule has 0 aromatic heterocycles. The van der Waals surface area contributed by atoms with Crippen LogP contribution in [0.3, 0.4) is 0 Å². The number of carbonyl (C=O) groups excluding carboxylic acids is 3. The van der Waals surface area contributed by atoms with Crippen molar-refractivity contribution in [1.29, 1.82) is 0 Å². The van der Waals surface area contributed by atoms with Gasteiger partial charge in [-0.2, -0.15) is 0 Å². The molecule has 0 saturated carbocycles. The zero-order chi connectivity index (χ0) is 27.1. The number of esters is 1. The molecule has 1 aromatic carbocycles. The van der Waals surface area contributed by atoms with Crippen molar-refractivity contribution < 1.29 is 24.2 Å². The summed E-state index contributed by atoms with van der Waals surface area (Å²) in [7, 11) is 0. The van der Waals surface area contributed by atoms with Crippen LogP contribution in [-0.2, 0) is 19.1 Å². The molecule has 0 aliphatic carbocycles. The van der Waals surface area contributed by atoms with Crippen LogP contribution in [0.4, 0.5) is 5.69 Å². The summed E-state index contributed by atoms with van der Waals surface area (Å²) in [6, 6.07) is 4.08. The minimum atomic E-state index is -0.846. The quantitative estimate of drug-likeness (QED) is 0.348. The molecule has 1 aromatic rings. The number of benzene rings is 1. The fraction of sp³-hybridized carbons (Fsp3) is 0.607. The van der Waals surface area contributed by atoms with E-state index in [1.807, 2.05) is 32.9 Å². The van der Waals surface area contributed by atoms with Crippen LogP contribution in [0.1, 0.15) is 45.6 Å². The number of aliphatic hydroxyl groups is 1. The Balaban J connectivity index is 1.87. The standard InChI is InChI=1S/C28H37ClN2O5S/c1-6-14-30(23-17(5)10-9-11-18(23)29)26(34)24-28-13-12-20(37-28)21(27(35)36-8-3)22(28)25(33)31(24)19(15-32)16(4)7-2/h6,9-11,16,19-22,24,32H,1,7-8,12-15H2,2-5H3/t16-,19-,20-,21+,22-,24?,28?/m0/s1. The Bertz CT molecular complexity index is 1060. The fourth-order valence-corrected chi connectivity index (χ4v) is 9.09. The van der Waals surface area contributed by atoms with Crippen LogP contribution >= 0.6 is 23.4 Å². The van der Waals surface area contributed by atoms with Crippen molar-refractivity contribution >= 4 is 46.8 Å². The second kappa shape index (κ2) is 11.0. The maximum absolute atomic E-state index is 14.7. The number of aliphatic hydroxyl groups excluding tert-OH is 1. The molecular formula is C28H37ClN2O5S. The first-order valence-corrected chi connectivity index (χ1v) is 14.4. The van der Waals surface area contributed by atoms with E-state index in [2.05, 4.69) is 6.58 Å². The van der Waals surface area contributed by atoms with Gasteiger partial charge in [0.25, 0.3) is 5.91 Å². The number of hydrogen-bond acceptors (Lipinski definition) is 6. The molecule has 2 amide bonds. The molecule has 1 N–H and O–H groups in total. The number of rotatable bonds is 10. The Hall–Kier alpha value is -2.03. The van der Waals surface area contributed by atoms with Gasteiger partial charge in [-0.3, -0.25) is 14.4 Å². The summed E-state index contributed by atoms with van der Waals surface area (Å²) in [5.74, 6) is -2.18. The third-order valence-electron chi connectivity index (χ3n) is 8.41. The summed E-state index contributed by atoms with van der Waals surface area (Å²) in [6.07, 6.45) is 3.75. The number of thioether (sulfide) groups is 1. The van der Waals surface area contributed by atoms with Crippen LogP contribution in [0.15, 0.2) is 30.9 Å². The second-order valence-corrected chi connectivity index (χ2v) is 12.3. The highest BCUT2D eigenvalue weighted by atomic mass is 35.5. The smallest absolute Gasteiger partial charge is 0.310 e. The van der Waals surface area contributed by atoms with E-state index in [0.29, 0.717) is 17.1 Å². The van der Waals surface area contributed by atoms with Crippen molar-refractivity contribution in [3.8, 4) is 0 Å². The van der Waals surface area contributed by atoms with Crippen molar-refractivity contribution in [2.75, 3.05) is 24.7 Å². The molecule has 2 unspecified atom stereocenters. The monoisotopic (exact) mass is 548 g/mol. The van der Waals surface area contributed by atoms with E-state index in [1.54, 1.807) is 40.6 Å². The summed E-state index contributed by atoms with van der Waals surface area (Å²) in [4.78, 5) is 45.3. The minimum Gasteiger partial charge on any atom is -0.466 e. The lowest BCUT2D eigenvalue weighted by Gasteiger charge is -2.41. The summed E-state index contributed by atoms with van der Waals surface area (Å²) in [5.41, 5.74) is 1.42. The van der Waals surface area contributed by atoms with Crippen LogP contribution in [-0.4, -0.2) is 69.6 Å². The molecule has 9 heteroatoms. The van der Waals surface area contributed by atoms with Gasteiger partial charge in [0.2, 0.25) is 5.91 Å². The maximum atomic E-state index is 14.7. The molecule has 2 bridgehead atoms. The van der Waals surface area contributed by atoms with Gasteiger partial charge in [0.15, 0.2) is 0 Å². The van der Waals surface area contributed by atoms with E-state index in [4.69, 9.17) is 16.3 Å². The van der Waals surface area contributed by atoms with Gasteiger partial charge in [0.05, 0.1) is 46.5 Å². The molecule has 3 fully saturated rings. The Kier molecular flexibility index (Phi) is 8.31. The predicted molar refractivity (Wildman–Crippen MR) is 147 cm³/mol. The number of likely N-dealkylation sites (tertiary alicyclic amines) is 1. The molecule has 7 atom stereocenters. The normalized spacial score (nSPS) is 29.7. The highest BCUT2D eigenvalue weighted by Gasteiger charge is 2.75. The van der Waals surface area contributed by atoms with Gasteiger partial charge >= 0.3 is 5.97 Å². The molecular weight excluding hydrogens is 512 g/mol. The molecule has 3 aliphatic rings. The van der Waals surface area contributed by atoms with E-state index in [0.717, 1.165) is 18.4 Å². The predicted octanol–water partition coefficient (Wildman–Crippen LogP) is 4.23. The number of para-hydroxylation sites is 1. The lowest BCUT2D eigenvalue weighted by molar-refractivity contribution is -0.154. The number of fused-ring (bicyclic) bond motifs is 1. The van der Waals surface area contributed by atoms with E-state index < -0.39 is 28.7 Å². The van der Waals surface area contributed by atoms with Gasteiger partial charge in [0.1, 0.15) is 6.04 Å². The van der Waals surface area contributed by atoms with Gasteiger partial charge < -0.3 is 19.6 Å². The molecule has 1 spiro atoms. The van der Waals surface area contributed by atoms with E-state index in [1.165, 1.54) is 0 Å². The van der Waals surface area contributed by atoms with Crippen LogP contribution in [0, 0.1) is 24.7 Å². The average molecular weight is 549 g/mol. The SMILES string of the molecule is C=CCN(C(=O)C1N([C@@H](CO)[C@@H](C)CC)C(=O)[C@@H]2[C@H](C(=O)OCC)[C@@H]3CCC12S3)c1c(C)cccc1Cl. The zero-order valence-electron chi connectivity index (χ0n) is 22.0. The molecule has 4 rings (SSSR count). The third kappa shape index (κ3) is 4.39. The number of ether oxygens (including phenoxy) is 1. The number of amides is 2. The average Bonchev–Trinajstić information content (AvgIpc) is 3.51. The number of halogens is 1. The number of hydrogen-bond donors (Lipinski definition) is 1. The van der Waals surface area contributed by atoms with Crippen molar-refractivity contribution in [3.63, 3.8) is 0 Å². The van der Waals surface area contributed by atoms with Gasteiger partial charge in [0, 0.05) is 11.8 Å². The maximum Gasteiger partial charge on any atom is 0.310 e. The highest BCUT2D eigenvalue weighted by Crippen LogP contribution is 2.67. The lowest BCUT2D eigenvalue weighted by Crippen LogP contribution is -2.59. The first-order chi connectivity index (χ1) is 17.7. The minimum absolute atomic E-state index is 0.0439. The highest BCUT2D eigenvalue weighted by molar-refractivity contribution is 8.02. The Morgan fingerprint density at radius 2 is 2.14 bits per heavy atom. The van der Waals surface area contributed by atoms with Gasteiger partial charge in [-0.1, -0.05) is 50.1 Å². The largest absolute Gasteiger partial charge is 0.466 e. The lowest BCUT2D eigenvalue weighted by atomic mass is 9.71. The summed E-state index contributed by atoms with van der Waals surface area (Å²) >= 11 is 8.20. The van der Waals surface area contributed by atoms with Gasteiger partial charge in [-0.15, -0.1) is 18.3 Å². The Morgan fingerprint density at radius 3 is 2.73 bits per heavy atom. The third-order valence-corrected chi connectivity index (χ3v) is 10.7. The summed E-state index contributed by atoms with van der Waals surface area (Å²) in [5, 5.41) is 10.9. The van der Waals surface area contributed by atoms with E-state index >= 15 is 0 Å². The fourth-order valence-electron chi connectivity index (χ4n) is 6.58. The van der Waals surface area contributed by atoms with Crippen LogP contribution < -0.4 is 4.90 Å². The van der Waals surface area contributed by atoms with Crippen molar-refractivity contribution in [2.24, 2.45) is 17.8 Å². The zero-order valence-corrected chi connectivity index (χ0v) is 23.6. The summed E-state index contributed by atoms with van der Waals surface area (Å²) in [6.45, 7) is 11.7. The number of aryl methyl sites for hydroxylation is 1. The Labute approximate surface area is 228 Å². The van der Waals surface area contributed by atoms with Gasteiger partial charge in [-0.25, -0.2) is 0 Å². The van der Waals surface area contributed by atoms with E-state index in [-0.39, 0.29) is 48.7 Å². The van der Waals surface area contributed by atoms with Crippen molar-refractivity contribution in [1.82, 2.24) is 4.90 Å². The molecule has 3 saturated heterocycles. The molecule has 0 radical (unpaired) electrons. The van der Waals surface area contributed by atoms with Crippen LogP contribution in [0.25, 0.3) is 0 Å². The van der Waals surface area contributed by atoms with Gasteiger partial charge in [-0.05, 0) is 44.2 Å². The second-order valence-electron chi connectivity index (χ2n) is 10.3. The summed E-state index contributed by atoms with van der Waals surface area (Å²) < 4.78 is 4.63. The molecule has 3 aliphatic heterocycles. The molecule has 3 heterocycles. The van der Waals surface area contributed by atoms with Crippen LogP contribution in [0.2, 0.25) is 5.02 Å². The first-order valence-electron chi connectivity index (χ1n) is 13.1. The molecule has 37 heavy (non-hydrogen) atoms. The number of nitrogens with zero attached hydrogens (tertiary/aromatic N) is 2. The van der Waals surface area contributed by atoms with Crippen molar-refractivity contribution in [3.05, 3.63) is 41.4 Å². The first kappa shape index (κ1) is 28.0. The van der Waals surface area contributed by atoms with Crippen LogP contribution in [0.5, 0.6) is 0 Å². The topological polar surface area (TPSA) is 87.2 Å². The molecule has 202 valence electrons. The number of carbonyl (C=O) groups is 3.